The van der Waals surface area contributed by atoms with Gasteiger partial charge in [-0.15, -0.1) is 0 Å². The first-order valence-corrected chi connectivity index (χ1v) is 10.7. The van der Waals surface area contributed by atoms with Crippen molar-refractivity contribution < 1.29 is 9.53 Å². The van der Waals surface area contributed by atoms with Crippen LogP contribution in [0.5, 0.6) is 0 Å². The smallest absolute Gasteiger partial charge is 0.306 e. The Morgan fingerprint density at radius 3 is 2.16 bits per heavy atom. The minimum atomic E-state index is -1.63. The lowest BCUT2D eigenvalue weighted by Gasteiger charge is -2.33. The van der Waals surface area contributed by atoms with Gasteiger partial charge < -0.3 is 4.74 Å². The van der Waals surface area contributed by atoms with Crippen LogP contribution in [-0.2, 0) is 9.53 Å². The molecule has 3 heteroatoms. The number of hydrogen-bond acceptors (Lipinski definition) is 2. The SMILES string of the molecule is CCOC(=O)[C@H]([C@@H](CC)c1ccccc1)[Si](C)(C)C. The summed E-state index contributed by atoms with van der Waals surface area (Å²) in [6.45, 7) is 11.2. The van der Waals surface area contributed by atoms with Crippen molar-refractivity contribution in [2.45, 2.75) is 51.4 Å². The van der Waals surface area contributed by atoms with E-state index >= 15 is 0 Å². The summed E-state index contributed by atoms with van der Waals surface area (Å²) in [6, 6.07) is 10.4. The standard InChI is InChI=1S/C16H26O2Si/c1-6-14(13-11-9-8-10-12-13)15(19(3,4)5)16(17)18-7-2/h8-12,14-15H,6-7H2,1-5H3/t14-,15-/m0/s1. The topological polar surface area (TPSA) is 26.3 Å². The number of benzene rings is 1. The Bertz CT molecular complexity index is 395. The lowest BCUT2D eigenvalue weighted by molar-refractivity contribution is -0.143. The fraction of sp³-hybridized carbons (Fsp3) is 0.562. The van der Waals surface area contributed by atoms with Crippen LogP contribution in [0.15, 0.2) is 30.3 Å². The first-order valence-electron chi connectivity index (χ1n) is 7.13. The van der Waals surface area contributed by atoms with Gasteiger partial charge in [0.25, 0.3) is 0 Å². The highest BCUT2D eigenvalue weighted by molar-refractivity contribution is 6.80. The monoisotopic (exact) mass is 278 g/mol. The molecule has 0 heterocycles. The summed E-state index contributed by atoms with van der Waals surface area (Å²) in [4.78, 5) is 12.4. The molecule has 1 rings (SSSR count). The van der Waals surface area contributed by atoms with E-state index in [9.17, 15) is 4.79 Å². The van der Waals surface area contributed by atoms with E-state index in [2.05, 4.69) is 38.7 Å². The van der Waals surface area contributed by atoms with E-state index in [-0.39, 0.29) is 17.4 Å². The molecule has 0 spiro atoms. The lowest BCUT2D eigenvalue weighted by Crippen LogP contribution is -2.38. The third-order valence-electron chi connectivity index (χ3n) is 3.54. The van der Waals surface area contributed by atoms with Crippen LogP contribution in [-0.4, -0.2) is 20.7 Å². The summed E-state index contributed by atoms with van der Waals surface area (Å²) >= 11 is 0. The third-order valence-corrected chi connectivity index (χ3v) is 6.05. The molecule has 0 bridgehead atoms. The molecule has 106 valence electrons. The molecule has 0 fully saturated rings. The van der Waals surface area contributed by atoms with Gasteiger partial charge in [-0.25, -0.2) is 0 Å². The summed E-state index contributed by atoms with van der Waals surface area (Å²) in [5.41, 5.74) is 1.28. The van der Waals surface area contributed by atoms with Gasteiger partial charge in [0.05, 0.1) is 20.2 Å². The number of rotatable bonds is 6. The average Bonchev–Trinajstić information content (AvgIpc) is 2.35. The molecule has 0 saturated carbocycles. The van der Waals surface area contributed by atoms with Crippen LogP contribution in [0, 0.1) is 0 Å². The van der Waals surface area contributed by atoms with Crippen molar-refractivity contribution in [3.05, 3.63) is 35.9 Å². The van der Waals surface area contributed by atoms with E-state index in [1.165, 1.54) is 5.56 Å². The van der Waals surface area contributed by atoms with Crippen molar-refractivity contribution in [1.82, 2.24) is 0 Å². The van der Waals surface area contributed by atoms with Crippen molar-refractivity contribution in [1.29, 1.82) is 0 Å². The number of carbonyl (C=O) groups is 1. The Hall–Kier alpha value is -1.09. The van der Waals surface area contributed by atoms with E-state index in [4.69, 9.17) is 4.74 Å². The maximum atomic E-state index is 12.4. The van der Waals surface area contributed by atoms with Crippen molar-refractivity contribution in [3.8, 4) is 0 Å². The maximum Gasteiger partial charge on any atom is 0.306 e. The summed E-state index contributed by atoms with van der Waals surface area (Å²) in [7, 11) is -1.63. The molecule has 0 aliphatic carbocycles. The summed E-state index contributed by atoms with van der Waals surface area (Å²) in [5, 5.41) is 0. The van der Waals surface area contributed by atoms with Crippen molar-refractivity contribution >= 4 is 14.0 Å². The molecule has 0 amide bonds. The van der Waals surface area contributed by atoms with Crippen molar-refractivity contribution in [2.24, 2.45) is 0 Å². The van der Waals surface area contributed by atoms with Gasteiger partial charge >= 0.3 is 5.97 Å². The average molecular weight is 278 g/mol. The molecule has 19 heavy (non-hydrogen) atoms. The quantitative estimate of drug-likeness (QED) is 0.567. The normalized spacial score (nSPS) is 14.8. The largest absolute Gasteiger partial charge is 0.466 e. The molecular formula is C16H26O2Si. The first kappa shape index (κ1) is 16.0. The number of esters is 1. The number of ether oxygens (including phenoxy) is 1. The molecule has 1 aromatic carbocycles. The zero-order valence-corrected chi connectivity index (χ0v) is 13.8. The highest BCUT2D eigenvalue weighted by Crippen LogP contribution is 2.40. The van der Waals surface area contributed by atoms with Crippen LogP contribution in [0.1, 0.15) is 31.7 Å². The van der Waals surface area contributed by atoms with E-state index in [0.717, 1.165) is 6.42 Å². The van der Waals surface area contributed by atoms with Crippen LogP contribution in [0.3, 0.4) is 0 Å². The Morgan fingerprint density at radius 1 is 1.16 bits per heavy atom. The summed E-state index contributed by atoms with van der Waals surface area (Å²) in [6.07, 6.45) is 0.970. The lowest BCUT2D eigenvalue weighted by atomic mass is 9.93. The fourth-order valence-electron chi connectivity index (χ4n) is 2.72. The highest BCUT2D eigenvalue weighted by Gasteiger charge is 2.40. The Balaban J connectivity index is 3.11. The van der Waals surface area contributed by atoms with Gasteiger partial charge in [-0.3, -0.25) is 4.79 Å². The summed E-state index contributed by atoms with van der Waals surface area (Å²) in [5.74, 6) is 0.254. The number of hydrogen-bond donors (Lipinski definition) is 0. The van der Waals surface area contributed by atoms with Crippen molar-refractivity contribution in [2.75, 3.05) is 6.61 Å². The zero-order chi connectivity index (χ0) is 14.5. The van der Waals surface area contributed by atoms with Crippen LogP contribution in [0.25, 0.3) is 0 Å². The van der Waals surface area contributed by atoms with E-state index < -0.39 is 8.07 Å². The fourth-order valence-corrected chi connectivity index (χ4v) is 5.14. The highest BCUT2D eigenvalue weighted by atomic mass is 28.3. The molecule has 0 aromatic heterocycles. The van der Waals surface area contributed by atoms with Crippen LogP contribution >= 0.6 is 0 Å². The van der Waals surface area contributed by atoms with Gasteiger partial charge in [-0.05, 0) is 24.8 Å². The molecule has 0 N–H and O–H groups in total. The van der Waals surface area contributed by atoms with Gasteiger partial charge in [0.1, 0.15) is 0 Å². The number of carbonyl (C=O) groups excluding carboxylic acids is 1. The summed E-state index contributed by atoms with van der Waals surface area (Å²) < 4.78 is 5.33. The first-order chi connectivity index (χ1) is 8.91. The third kappa shape index (κ3) is 4.20. The predicted octanol–water partition coefficient (Wildman–Crippen LogP) is 4.45. The zero-order valence-electron chi connectivity index (χ0n) is 12.8. The molecule has 0 radical (unpaired) electrons. The molecule has 1 aromatic rings. The van der Waals surface area contributed by atoms with Gasteiger partial charge in [0.2, 0.25) is 0 Å². The maximum absolute atomic E-state index is 12.4. The molecule has 0 unspecified atom stereocenters. The molecule has 0 saturated heterocycles. The van der Waals surface area contributed by atoms with Crippen LogP contribution < -0.4 is 0 Å². The van der Waals surface area contributed by atoms with Gasteiger partial charge in [-0.2, -0.15) is 0 Å². The van der Waals surface area contributed by atoms with Crippen LogP contribution in [0.4, 0.5) is 0 Å². The predicted molar refractivity (Wildman–Crippen MR) is 83.2 cm³/mol. The van der Waals surface area contributed by atoms with Gasteiger partial charge in [-0.1, -0.05) is 56.9 Å². The second-order valence-corrected chi connectivity index (χ2v) is 11.4. The minimum absolute atomic E-state index is 0.0163. The van der Waals surface area contributed by atoms with E-state index in [1.807, 2.05) is 25.1 Å². The van der Waals surface area contributed by atoms with Gasteiger partial charge in [0, 0.05) is 0 Å². The van der Waals surface area contributed by atoms with E-state index in [0.29, 0.717) is 6.61 Å². The molecule has 0 aliphatic rings. The van der Waals surface area contributed by atoms with Gasteiger partial charge in [0.15, 0.2) is 0 Å². The second kappa shape index (κ2) is 6.90. The second-order valence-electron chi connectivity index (χ2n) is 6.02. The van der Waals surface area contributed by atoms with Crippen LogP contribution in [0.2, 0.25) is 25.2 Å². The van der Waals surface area contributed by atoms with Crippen molar-refractivity contribution in [3.63, 3.8) is 0 Å². The van der Waals surface area contributed by atoms with E-state index in [1.54, 1.807) is 0 Å². The Morgan fingerprint density at radius 2 is 1.74 bits per heavy atom. The Labute approximate surface area is 118 Å². The molecular weight excluding hydrogens is 252 g/mol. The molecule has 2 atom stereocenters. The minimum Gasteiger partial charge on any atom is -0.466 e. The molecule has 2 nitrogen and oxygen atoms in total. The molecule has 0 aliphatic heterocycles. The Kier molecular flexibility index (Phi) is 5.79.